The number of hydrogen-bond acceptors (Lipinski definition) is 7. The van der Waals surface area contributed by atoms with Gasteiger partial charge in [0.2, 0.25) is 15.9 Å². The zero-order chi connectivity index (χ0) is 27.1. The SMILES string of the molecule is Cc1c(C(=O)NC2CC2)nn(-c2ccc(Cl)cc2)c1Oc1ccc([N+](=O)[O-])cc1S(=O)(=O)NC(C)(C)C. The van der Waals surface area contributed by atoms with E-state index in [9.17, 15) is 23.3 Å². The van der Waals surface area contributed by atoms with Gasteiger partial charge in [0, 0.05) is 34.3 Å². The molecule has 0 saturated heterocycles. The normalized spacial score (nSPS) is 13.9. The molecule has 0 atom stereocenters. The lowest BCUT2D eigenvalue weighted by Gasteiger charge is -2.21. The molecule has 1 aromatic heterocycles. The summed E-state index contributed by atoms with van der Waals surface area (Å²) in [6, 6.07) is 9.97. The Morgan fingerprint density at radius 1 is 1.19 bits per heavy atom. The van der Waals surface area contributed by atoms with E-state index in [1.807, 2.05) is 0 Å². The first-order valence-electron chi connectivity index (χ1n) is 11.4. The molecular formula is C24H26ClN5O6S. The summed E-state index contributed by atoms with van der Waals surface area (Å²) in [7, 11) is -4.24. The van der Waals surface area contributed by atoms with Gasteiger partial charge in [0.15, 0.2) is 5.69 Å². The predicted octanol–water partition coefficient (Wildman–Crippen LogP) is 4.50. The van der Waals surface area contributed by atoms with Crippen LogP contribution in [0.4, 0.5) is 5.69 Å². The van der Waals surface area contributed by atoms with Gasteiger partial charge >= 0.3 is 0 Å². The third-order valence-electron chi connectivity index (χ3n) is 5.34. The van der Waals surface area contributed by atoms with Gasteiger partial charge in [0.1, 0.15) is 10.6 Å². The highest BCUT2D eigenvalue weighted by Crippen LogP contribution is 2.36. The van der Waals surface area contributed by atoms with E-state index in [0.29, 0.717) is 16.3 Å². The minimum absolute atomic E-state index is 0.0735. The number of halogens is 1. The molecule has 0 radical (unpaired) electrons. The monoisotopic (exact) mass is 547 g/mol. The summed E-state index contributed by atoms with van der Waals surface area (Å²) in [5.41, 5.74) is -0.314. The van der Waals surface area contributed by atoms with Crippen LogP contribution in [0, 0.1) is 17.0 Å². The van der Waals surface area contributed by atoms with Crippen molar-refractivity contribution in [3.63, 3.8) is 0 Å². The zero-order valence-corrected chi connectivity index (χ0v) is 22.2. The van der Waals surface area contributed by atoms with Crippen molar-refractivity contribution in [1.29, 1.82) is 0 Å². The summed E-state index contributed by atoms with van der Waals surface area (Å²) < 4.78 is 36.4. The number of carbonyl (C=O) groups excluding carboxylic acids is 1. The second-order valence-corrected chi connectivity index (χ2v) is 11.8. The minimum atomic E-state index is -4.24. The number of nitrogens with one attached hydrogen (secondary N) is 2. The third kappa shape index (κ3) is 6.09. The van der Waals surface area contributed by atoms with Crippen molar-refractivity contribution in [2.75, 3.05) is 0 Å². The number of aromatic nitrogens is 2. The van der Waals surface area contributed by atoms with Crippen LogP contribution < -0.4 is 14.8 Å². The van der Waals surface area contributed by atoms with E-state index in [2.05, 4.69) is 15.1 Å². The van der Waals surface area contributed by atoms with Crippen LogP contribution in [0.15, 0.2) is 47.4 Å². The van der Waals surface area contributed by atoms with Gasteiger partial charge in [0.05, 0.1) is 10.6 Å². The number of hydrogen-bond donors (Lipinski definition) is 2. The minimum Gasteiger partial charge on any atom is -0.437 e. The molecule has 1 heterocycles. The summed E-state index contributed by atoms with van der Waals surface area (Å²) >= 11 is 6.03. The van der Waals surface area contributed by atoms with Gasteiger partial charge in [-0.15, -0.1) is 0 Å². The summed E-state index contributed by atoms with van der Waals surface area (Å²) in [6.45, 7) is 6.57. The van der Waals surface area contributed by atoms with E-state index in [1.54, 1.807) is 52.0 Å². The smallest absolute Gasteiger partial charge is 0.272 e. The van der Waals surface area contributed by atoms with E-state index in [0.717, 1.165) is 25.0 Å². The summed E-state index contributed by atoms with van der Waals surface area (Å²) in [6.07, 6.45) is 1.77. The fourth-order valence-electron chi connectivity index (χ4n) is 3.52. The maximum absolute atomic E-state index is 13.2. The molecule has 0 spiro atoms. The van der Waals surface area contributed by atoms with Crippen molar-refractivity contribution >= 4 is 33.2 Å². The highest BCUT2D eigenvalue weighted by molar-refractivity contribution is 7.89. The van der Waals surface area contributed by atoms with Crippen molar-refractivity contribution in [3.8, 4) is 17.3 Å². The Morgan fingerprint density at radius 3 is 2.41 bits per heavy atom. The number of nitro groups is 1. The molecule has 0 bridgehead atoms. The quantitative estimate of drug-likeness (QED) is 0.312. The third-order valence-corrected chi connectivity index (χ3v) is 7.37. The second kappa shape index (κ2) is 9.77. The van der Waals surface area contributed by atoms with Crippen LogP contribution >= 0.6 is 11.6 Å². The molecule has 1 fully saturated rings. The molecule has 2 N–H and O–H groups in total. The van der Waals surface area contributed by atoms with Gasteiger partial charge in [0.25, 0.3) is 11.6 Å². The van der Waals surface area contributed by atoms with Gasteiger partial charge in [-0.05, 0) is 70.9 Å². The number of non-ortho nitro benzene ring substituents is 1. The van der Waals surface area contributed by atoms with E-state index in [-0.39, 0.29) is 29.3 Å². The standard InChI is InChI=1S/C24H26ClN5O6S/c1-14-21(22(31)26-16-7-8-16)27-29(17-9-5-15(25)6-10-17)23(14)36-19-12-11-18(30(32)33)13-20(19)37(34,35)28-24(2,3)4/h5-6,9-13,16,28H,7-8H2,1-4H3,(H,26,31). The van der Waals surface area contributed by atoms with Crippen LogP contribution in [0.1, 0.15) is 49.7 Å². The number of nitrogens with zero attached hydrogens (tertiary/aromatic N) is 3. The molecule has 37 heavy (non-hydrogen) atoms. The Morgan fingerprint density at radius 2 is 1.84 bits per heavy atom. The number of amides is 1. The summed E-state index contributed by atoms with van der Waals surface area (Å²) in [5, 5.41) is 19.2. The number of ether oxygens (including phenoxy) is 1. The lowest BCUT2D eigenvalue weighted by Crippen LogP contribution is -2.40. The highest BCUT2D eigenvalue weighted by atomic mass is 35.5. The van der Waals surface area contributed by atoms with Crippen molar-refractivity contribution < 1.29 is 22.9 Å². The first kappa shape index (κ1) is 26.6. The van der Waals surface area contributed by atoms with Crippen molar-refractivity contribution in [1.82, 2.24) is 19.8 Å². The molecule has 3 aromatic rings. The number of rotatable bonds is 8. The molecule has 4 rings (SSSR count). The number of carbonyl (C=O) groups is 1. The zero-order valence-electron chi connectivity index (χ0n) is 20.6. The van der Waals surface area contributed by atoms with Crippen LogP contribution in [0.3, 0.4) is 0 Å². The average Bonchev–Trinajstić information content (AvgIpc) is 3.55. The number of sulfonamides is 1. The van der Waals surface area contributed by atoms with E-state index >= 15 is 0 Å². The first-order chi connectivity index (χ1) is 17.2. The Hall–Kier alpha value is -3.48. The van der Waals surface area contributed by atoms with Gasteiger partial charge in [-0.25, -0.2) is 13.1 Å². The lowest BCUT2D eigenvalue weighted by molar-refractivity contribution is -0.385. The Balaban J connectivity index is 1.85. The van der Waals surface area contributed by atoms with Crippen LogP contribution in [-0.2, 0) is 10.0 Å². The van der Waals surface area contributed by atoms with Crippen LogP contribution in [-0.4, -0.2) is 40.6 Å². The molecule has 1 saturated carbocycles. The molecule has 1 aliphatic carbocycles. The maximum atomic E-state index is 13.2. The van der Waals surface area contributed by atoms with E-state index in [1.165, 1.54) is 10.7 Å². The van der Waals surface area contributed by atoms with Crippen LogP contribution in [0.2, 0.25) is 5.02 Å². The van der Waals surface area contributed by atoms with Gasteiger partial charge in [-0.2, -0.15) is 9.78 Å². The molecule has 0 unspecified atom stereocenters. The molecule has 196 valence electrons. The van der Waals surface area contributed by atoms with Crippen LogP contribution in [0.25, 0.3) is 5.69 Å². The molecule has 1 aliphatic rings. The molecular weight excluding hydrogens is 522 g/mol. The Labute approximate surface area is 219 Å². The fourth-order valence-corrected chi connectivity index (χ4v) is 5.21. The first-order valence-corrected chi connectivity index (χ1v) is 13.3. The highest BCUT2D eigenvalue weighted by Gasteiger charge is 2.31. The summed E-state index contributed by atoms with van der Waals surface area (Å²) in [5.74, 6) is -0.484. The van der Waals surface area contributed by atoms with Crippen molar-refractivity contribution in [2.45, 2.75) is 57.0 Å². The van der Waals surface area contributed by atoms with Gasteiger partial charge in [-0.1, -0.05) is 11.6 Å². The lowest BCUT2D eigenvalue weighted by atomic mass is 10.1. The molecule has 0 aliphatic heterocycles. The van der Waals surface area contributed by atoms with E-state index < -0.39 is 31.1 Å². The number of nitro benzene ring substituents is 1. The van der Waals surface area contributed by atoms with E-state index in [4.69, 9.17) is 16.3 Å². The molecule has 11 nitrogen and oxygen atoms in total. The fraction of sp³-hybridized carbons (Fsp3) is 0.333. The maximum Gasteiger partial charge on any atom is 0.272 e. The Bertz CT molecular complexity index is 1470. The van der Waals surface area contributed by atoms with Gasteiger partial charge < -0.3 is 10.1 Å². The Kier molecular flexibility index (Phi) is 7.01. The van der Waals surface area contributed by atoms with Crippen molar-refractivity contribution in [3.05, 3.63) is 68.9 Å². The van der Waals surface area contributed by atoms with Crippen molar-refractivity contribution in [2.24, 2.45) is 0 Å². The topological polar surface area (TPSA) is 145 Å². The predicted molar refractivity (Wildman–Crippen MR) is 137 cm³/mol. The van der Waals surface area contributed by atoms with Gasteiger partial charge in [-0.3, -0.25) is 14.9 Å². The summed E-state index contributed by atoms with van der Waals surface area (Å²) in [4.78, 5) is 23.2. The average molecular weight is 548 g/mol. The number of benzene rings is 2. The van der Waals surface area contributed by atoms with Crippen LogP contribution in [0.5, 0.6) is 11.6 Å². The molecule has 2 aromatic carbocycles. The largest absolute Gasteiger partial charge is 0.437 e. The molecule has 13 heteroatoms. The second-order valence-electron chi connectivity index (χ2n) is 9.76. The molecule has 1 amide bonds.